The zero-order valence-electron chi connectivity index (χ0n) is 11.5. The minimum atomic E-state index is -1.02. The molecule has 1 atom stereocenters. The van der Waals surface area contributed by atoms with Gasteiger partial charge in [-0.15, -0.1) is 11.3 Å². The van der Waals surface area contributed by atoms with Crippen molar-refractivity contribution in [3.8, 4) is 0 Å². The predicted octanol–water partition coefficient (Wildman–Crippen LogP) is 1.93. The van der Waals surface area contributed by atoms with Gasteiger partial charge in [-0.2, -0.15) is 0 Å². The molecule has 2 rings (SSSR count). The van der Waals surface area contributed by atoms with Crippen LogP contribution in [-0.2, 0) is 9.53 Å². The molecule has 0 bridgehead atoms. The Morgan fingerprint density at radius 1 is 1.60 bits per heavy atom. The van der Waals surface area contributed by atoms with Gasteiger partial charge in [0, 0.05) is 12.6 Å². The number of hydrogen-bond donors (Lipinski definition) is 1. The van der Waals surface area contributed by atoms with E-state index in [0.717, 1.165) is 24.5 Å². The van der Waals surface area contributed by atoms with Crippen LogP contribution in [0.2, 0.25) is 0 Å². The average molecular weight is 298 g/mol. The number of aliphatic carboxylic acids is 1. The first-order chi connectivity index (χ1) is 9.49. The molecule has 2 heterocycles. The van der Waals surface area contributed by atoms with Gasteiger partial charge in [-0.05, 0) is 26.7 Å². The van der Waals surface area contributed by atoms with E-state index in [9.17, 15) is 9.59 Å². The fraction of sp³-hybridized carbons (Fsp3) is 0.615. The van der Waals surface area contributed by atoms with Crippen LogP contribution in [0.1, 0.15) is 47.5 Å². The van der Waals surface area contributed by atoms with Gasteiger partial charge in [-0.1, -0.05) is 0 Å². The average Bonchev–Trinajstić information content (AvgIpc) is 3.04. The Hall–Kier alpha value is -1.47. The fourth-order valence-electron chi connectivity index (χ4n) is 2.08. The smallest absolute Gasteiger partial charge is 0.323 e. The van der Waals surface area contributed by atoms with Crippen LogP contribution in [0.25, 0.3) is 0 Å². The van der Waals surface area contributed by atoms with Crippen molar-refractivity contribution in [2.24, 2.45) is 0 Å². The number of carboxylic acid groups (broad SMARTS) is 1. The summed E-state index contributed by atoms with van der Waals surface area (Å²) in [5, 5.41) is 9.68. The molecule has 1 aromatic heterocycles. The number of carbonyl (C=O) groups excluding carboxylic acids is 1. The molecule has 1 N–H and O–H groups in total. The first-order valence-corrected chi connectivity index (χ1v) is 7.40. The number of rotatable bonds is 5. The molecule has 1 aromatic rings. The van der Waals surface area contributed by atoms with Crippen molar-refractivity contribution in [2.75, 3.05) is 13.2 Å². The molecule has 0 spiro atoms. The third kappa shape index (κ3) is 3.34. The second-order valence-electron chi connectivity index (χ2n) is 4.98. The van der Waals surface area contributed by atoms with E-state index in [1.807, 2.05) is 0 Å². The molecule has 1 aliphatic rings. The maximum Gasteiger partial charge on any atom is 0.323 e. The van der Waals surface area contributed by atoms with Gasteiger partial charge in [-0.3, -0.25) is 9.59 Å². The van der Waals surface area contributed by atoms with E-state index < -0.39 is 5.97 Å². The lowest BCUT2D eigenvalue weighted by Gasteiger charge is -2.23. The van der Waals surface area contributed by atoms with Crippen molar-refractivity contribution in [3.63, 3.8) is 0 Å². The van der Waals surface area contributed by atoms with Gasteiger partial charge in [0.1, 0.15) is 22.5 Å². The zero-order valence-corrected chi connectivity index (χ0v) is 12.4. The largest absolute Gasteiger partial charge is 0.480 e. The molecule has 1 aliphatic heterocycles. The Bertz CT molecular complexity index is 494. The first kappa shape index (κ1) is 14.9. The van der Waals surface area contributed by atoms with Gasteiger partial charge in [0.25, 0.3) is 5.91 Å². The Balaban J connectivity index is 2.12. The number of amides is 1. The summed E-state index contributed by atoms with van der Waals surface area (Å²) in [4.78, 5) is 29.2. The van der Waals surface area contributed by atoms with Gasteiger partial charge >= 0.3 is 5.97 Å². The minimum absolute atomic E-state index is 0.0199. The maximum atomic E-state index is 12.3. The minimum Gasteiger partial charge on any atom is -0.480 e. The summed E-state index contributed by atoms with van der Waals surface area (Å²) >= 11 is 1.29. The Labute approximate surface area is 121 Å². The van der Waals surface area contributed by atoms with Crippen LogP contribution < -0.4 is 0 Å². The lowest BCUT2D eigenvalue weighted by molar-refractivity contribution is -0.138. The van der Waals surface area contributed by atoms with Crippen LogP contribution in [0.4, 0.5) is 0 Å². The highest BCUT2D eigenvalue weighted by molar-refractivity contribution is 7.13. The van der Waals surface area contributed by atoms with E-state index in [1.54, 1.807) is 13.8 Å². The van der Waals surface area contributed by atoms with E-state index in [2.05, 4.69) is 4.98 Å². The van der Waals surface area contributed by atoms with Crippen LogP contribution in [0.5, 0.6) is 0 Å². The highest BCUT2D eigenvalue weighted by Crippen LogP contribution is 2.31. The standard InChI is InChI=1S/C13H18N2O4S/c1-8(2)15(7-11(16)17)13(18)10-6-14-12(20-10)9-4-3-5-19-9/h6,8-9H,3-5,7H2,1-2H3,(H,16,17). The van der Waals surface area contributed by atoms with Crippen LogP contribution in [0.15, 0.2) is 6.20 Å². The van der Waals surface area contributed by atoms with E-state index >= 15 is 0 Å². The molecule has 110 valence electrons. The molecular formula is C13H18N2O4S. The molecule has 20 heavy (non-hydrogen) atoms. The molecule has 1 saturated heterocycles. The second kappa shape index (κ2) is 6.32. The van der Waals surface area contributed by atoms with Crippen molar-refractivity contribution in [1.29, 1.82) is 0 Å². The SMILES string of the molecule is CC(C)N(CC(=O)O)C(=O)c1cnc(C2CCCO2)s1. The molecular weight excluding hydrogens is 280 g/mol. The highest BCUT2D eigenvalue weighted by atomic mass is 32.1. The summed E-state index contributed by atoms with van der Waals surface area (Å²) in [5.74, 6) is -1.31. The van der Waals surface area contributed by atoms with E-state index in [1.165, 1.54) is 22.4 Å². The summed E-state index contributed by atoms with van der Waals surface area (Å²) < 4.78 is 5.53. The summed E-state index contributed by atoms with van der Waals surface area (Å²) in [7, 11) is 0. The molecule has 0 radical (unpaired) electrons. The molecule has 7 heteroatoms. The monoisotopic (exact) mass is 298 g/mol. The molecule has 0 aliphatic carbocycles. The number of ether oxygens (including phenoxy) is 1. The number of carboxylic acids is 1. The number of hydrogen-bond acceptors (Lipinski definition) is 5. The van der Waals surface area contributed by atoms with E-state index in [4.69, 9.17) is 9.84 Å². The van der Waals surface area contributed by atoms with Crippen molar-refractivity contribution in [3.05, 3.63) is 16.1 Å². The predicted molar refractivity (Wildman–Crippen MR) is 73.8 cm³/mol. The van der Waals surface area contributed by atoms with Gasteiger partial charge in [0.2, 0.25) is 0 Å². The third-order valence-corrected chi connectivity index (χ3v) is 4.21. The number of aromatic nitrogens is 1. The van der Waals surface area contributed by atoms with Crippen LogP contribution in [0.3, 0.4) is 0 Å². The van der Waals surface area contributed by atoms with E-state index in [0.29, 0.717) is 4.88 Å². The number of thiazole rings is 1. The van der Waals surface area contributed by atoms with Crippen molar-refractivity contribution >= 4 is 23.2 Å². The second-order valence-corrected chi connectivity index (χ2v) is 6.05. The quantitative estimate of drug-likeness (QED) is 0.898. The lowest BCUT2D eigenvalue weighted by Crippen LogP contribution is -2.40. The molecule has 6 nitrogen and oxygen atoms in total. The zero-order chi connectivity index (χ0) is 14.7. The van der Waals surface area contributed by atoms with Crippen LogP contribution in [-0.4, -0.2) is 46.1 Å². The summed E-state index contributed by atoms with van der Waals surface area (Å²) in [6.45, 7) is 4.01. The highest BCUT2D eigenvalue weighted by Gasteiger charge is 2.26. The Morgan fingerprint density at radius 2 is 2.35 bits per heavy atom. The Morgan fingerprint density at radius 3 is 2.90 bits per heavy atom. The van der Waals surface area contributed by atoms with Gasteiger partial charge in [-0.25, -0.2) is 4.98 Å². The Kier molecular flexibility index (Phi) is 4.72. The van der Waals surface area contributed by atoms with Crippen LogP contribution >= 0.6 is 11.3 Å². The molecule has 0 aromatic carbocycles. The van der Waals surface area contributed by atoms with Crippen molar-refractivity contribution < 1.29 is 19.4 Å². The maximum absolute atomic E-state index is 12.3. The first-order valence-electron chi connectivity index (χ1n) is 6.59. The van der Waals surface area contributed by atoms with E-state index in [-0.39, 0.29) is 24.6 Å². The fourth-order valence-corrected chi connectivity index (χ4v) is 3.04. The third-order valence-electron chi connectivity index (χ3n) is 3.13. The lowest BCUT2D eigenvalue weighted by atomic mass is 10.2. The van der Waals surface area contributed by atoms with Gasteiger partial charge in [0.05, 0.1) is 6.20 Å². The summed E-state index contributed by atoms with van der Waals surface area (Å²) in [5.41, 5.74) is 0. The number of nitrogens with zero attached hydrogens (tertiary/aromatic N) is 2. The molecule has 1 amide bonds. The normalized spacial score (nSPS) is 18.4. The molecule has 1 unspecified atom stereocenters. The number of carbonyl (C=O) groups is 2. The molecule has 1 fully saturated rings. The molecule has 0 saturated carbocycles. The summed E-state index contributed by atoms with van der Waals surface area (Å²) in [6, 6.07) is -0.174. The van der Waals surface area contributed by atoms with Gasteiger partial charge < -0.3 is 14.7 Å². The van der Waals surface area contributed by atoms with Gasteiger partial charge in [0.15, 0.2) is 0 Å². The van der Waals surface area contributed by atoms with Crippen LogP contribution in [0, 0.1) is 0 Å². The summed E-state index contributed by atoms with van der Waals surface area (Å²) in [6.07, 6.45) is 3.42. The topological polar surface area (TPSA) is 79.7 Å². The van der Waals surface area contributed by atoms with Crippen molar-refractivity contribution in [1.82, 2.24) is 9.88 Å². The van der Waals surface area contributed by atoms with Crippen molar-refractivity contribution in [2.45, 2.75) is 38.8 Å².